The van der Waals surface area contributed by atoms with Gasteiger partial charge in [0.25, 0.3) is 6.43 Å². The minimum absolute atomic E-state index is 0.290. The van der Waals surface area contributed by atoms with Gasteiger partial charge in [-0.25, -0.2) is 8.78 Å². The first-order valence-electron chi connectivity index (χ1n) is 4.76. The molecule has 3 nitrogen and oxygen atoms in total. The lowest BCUT2D eigenvalue weighted by atomic mass is 10.1. The first-order chi connectivity index (χ1) is 7.15. The second-order valence-corrected chi connectivity index (χ2v) is 3.16. The predicted octanol–water partition coefficient (Wildman–Crippen LogP) is 2.14. The van der Waals surface area contributed by atoms with Crippen LogP contribution in [0.1, 0.15) is 24.9 Å². The fraction of sp³-hybridized carbons (Fsp3) is 0.500. The first-order valence-corrected chi connectivity index (χ1v) is 4.76. The van der Waals surface area contributed by atoms with E-state index in [1.54, 1.807) is 0 Å². The van der Waals surface area contributed by atoms with Crippen molar-refractivity contribution in [1.29, 1.82) is 0 Å². The summed E-state index contributed by atoms with van der Waals surface area (Å²) in [5.74, 6) is 0.477. The topological polar surface area (TPSA) is 48.1 Å². The zero-order chi connectivity index (χ0) is 11.3. The van der Waals surface area contributed by atoms with Gasteiger partial charge in [0.05, 0.1) is 18.8 Å². The van der Waals surface area contributed by atoms with Crippen LogP contribution in [0.5, 0.6) is 5.75 Å². The highest BCUT2D eigenvalue weighted by atomic mass is 19.3. The molecule has 1 atom stereocenters. The molecule has 0 aliphatic rings. The molecule has 0 aromatic carbocycles. The van der Waals surface area contributed by atoms with E-state index >= 15 is 0 Å². The van der Waals surface area contributed by atoms with Gasteiger partial charge in [0, 0.05) is 6.20 Å². The molecule has 0 amide bonds. The Morgan fingerprint density at radius 2 is 2.20 bits per heavy atom. The standard InChI is InChI=1S/C10H14F2N2O/c1-2-3-15-8-4-7(5-14-6-8)9(13)10(11)12/h4-6,9-10H,2-3,13H2,1H3. The lowest BCUT2D eigenvalue weighted by molar-refractivity contribution is 0.116. The van der Waals surface area contributed by atoms with Crippen LogP contribution in [0.15, 0.2) is 18.5 Å². The van der Waals surface area contributed by atoms with Crippen molar-refractivity contribution in [2.45, 2.75) is 25.8 Å². The third kappa shape index (κ3) is 3.43. The summed E-state index contributed by atoms with van der Waals surface area (Å²) in [5.41, 5.74) is 5.58. The molecular weight excluding hydrogens is 202 g/mol. The van der Waals surface area contributed by atoms with Crippen molar-refractivity contribution in [3.05, 3.63) is 24.0 Å². The second kappa shape index (κ2) is 5.60. The maximum absolute atomic E-state index is 12.3. The Hall–Kier alpha value is -1.23. The van der Waals surface area contributed by atoms with Crippen LogP contribution in [0.2, 0.25) is 0 Å². The molecule has 15 heavy (non-hydrogen) atoms. The van der Waals surface area contributed by atoms with Crippen LogP contribution in [-0.2, 0) is 0 Å². The van der Waals surface area contributed by atoms with E-state index in [0.717, 1.165) is 6.42 Å². The Balaban J connectivity index is 2.73. The molecule has 0 saturated heterocycles. The van der Waals surface area contributed by atoms with Gasteiger partial charge in [-0.05, 0) is 18.1 Å². The molecule has 0 fully saturated rings. The van der Waals surface area contributed by atoms with Crippen molar-refractivity contribution >= 4 is 0 Å². The summed E-state index contributed by atoms with van der Waals surface area (Å²) >= 11 is 0. The van der Waals surface area contributed by atoms with Crippen LogP contribution in [0.3, 0.4) is 0 Å². The van der Waals surface area contributed by atoms with Crippen molar-refractivity contribution in [3.8, 4) is 5.75 Å². The Bertz CT molecular complexity index is 307. The van der Waals surface area contributed by atoms with Gasteiger partial charge >= 0.3 is 0 Å². The molecule has 0 aliphatic carbocycles. The Kier molecular flexibility index (Phi) is 4.42. The Morgan fingerprint density at radius 1 is 1.47 bits per heavy atom. The largest absolute Gasteiger partial charge is 0.492 e. The van der Waals surface area contributed by atoms with Gasteiger partial charge in [0.15, 0.2) is 0 Å². The summed E-state index contributed by atoms with van der Waals surface area (Å²) in [5, 5.41) is 0. The third-order valence-corrected chi connectivity index (χ3v) is 1.86. The van der Waals surface area contributed by atoms with Gasteiger partial charge in [-0.15, -0.1) is 0 Å². The second-order valence-electron chi connectivity index (χ2n) is 3.16. The van der Waals surface area contributed by atoms with Crippen molar-refractivity contribution in [3.63, 3.8) is 0 Å². The molecule has 1 heterocycles. The van der Waals surface area contributed by atoms with E-state index in [4.69, 9.17) is 10.5 Å². The van der Waals surface area contributed by atoms with Crippen LogP contribution >= 0.6 is 0 Å². The van der Waals surface area contributed by atoms with Crippen LogP contribution in [0.25, 0.3) is 0 Å². The highest BCUT2D eigenvalue weighted by Gasteiger charge is 2.18. The predicted molar refractivity (Wildman–Crippen MR) is 53.0 cm³/mol. The normalized spacial score (nSPS) is 12.9. The monoisotopic (exact) mass is 216 g/mol. The van der Waals surface area contributed by atoms with Gasteiger partial charge in [-0.3, -0.25) is 4.98 Å². The van der Waals surface area contributed by atoms with Gasteiger partial charge < -0.3 is 10.5 Å². The lowest BCUT2D eigenvalue weighted by Crippen LogP contribution is -2.19. The molecule has 0 spiro atoms. The molecule has 1 aromatic rings. The number of aromatic nitrogens is 1. The summed E-state index contributed by atoms with van der Waals surface area (Å²) in [4.78, 5) is 3.80. The number of nitrogens with two attached hydrogens (primary N) is 1. The molecule has 0 bridgehead atoms. The van der Waals surface area contributed by atoms with Gasteiger partial charge in [0.1, 0.15) is 5.75 Å². The van der Waals surface area contributed by atoms with Crippen LogP contribution in [0.4, 0.5) is 8.78 Å². The average molecular weight is 216 g/mol. The number of hydrogen-bond acceptors (Lipinski definition) is 3. The maximum Gasteiger partial charge on any atom is 0.257 e. The van der Waals surface area contributed by atoms with E-state index < -0.39 is 12.5 Å². The number of nitrogens with zero attached hydrogens (tertiary/aromatic N) is 1. The summed E-state index contributed by atoms with van der Waals surface area (Å²) in [7, 11) is 0. The molecule has 0 aliphatic heterocycles. The lowest BCUT2D eigenvalue weighted by Gasteiger charge is -2.11. The van der Waals surface area contributed by atoms with Crippen molar-refractivity contribution < 1.29 is 13.5 Å². The summed E-state index contributed by atoms with van der Waals surface area (Å²) in [6, 6.07) is 0.196. The highest BCUT2D eigenvalue weighted by Crippen LogP contribution is 2.20. The van der Waals surface area contributed by atoms with Gasteiger partial charge in [-0.1, -0.05) is 6.92 Å². The molecule has 1 unspecified atom stereocenters. The van der Waals surface area contributed by atoms with E-state index in [0.29, 0.717) is 17.9 Å². The quantitative estimate of drug-likeness (QED) is 0.820. The number of alkyl halides is 2. The zero-order valence-corrected chi connectivity index (χ0v) is 8.49. The van der Waals surface area contributed by atoms with E-state index in [9.17, 15) is 8.78 Å². The third-order valence-electron chi connectivity index (χ3n) is 1.86. The number of halogens is 2. The Morgan fingerprint density at radius 3 is 2.80 bits per heavy atom. The van der Waals surface area contributed by atoms with Crippen molar-refractivity contribution in [1.82, 2.24) is 4.98 Å². The summed E-state index contributed by atoms with van der Waals surface area (Å²) < 4.78 is 29.9. The zero-order valence-electron chi connectivity index (χ0n) is 8.49. The van der Waals surface area contributed by atoms with Crippen LogP contribution in [0, 0.1) is 0 Å². The fourth-order valence-electron chi connectivity index (χ4n) is 1.06. The average Bonchev–Trinajstić information content (AvgIpc) is 2.25. The molecule has 0 saturated carbocycles. The van der Waals surface area contributed by atoms with Gasteiger partial charge in [0.2, 0.25) is 0 Å². The molecule has 1 rings (SSSR count). The number of rotatable bonds is 5. The van der Waals surface area contributed by atoms with Crippen LogP contribution < -0.4 is 10.5 Å². The minimum atomic E-state index is -2.59. The minimum Gasteiger partial charge on any atom is -0.492 e. The number of hydrogen-bond donors (Lipinski definition) is 1. The Labute approximate surface area is 87.3 Å². The molecular formula is C10H14F2N2O. The number of pyridine rings is 1. The maximum atomic E-state index is 12.3. The van der Waals surface area contributed by atoms with E-state index in [2.05, 4.69) is 4.98 Å². The molecule has 84 valence electrons. The van der Waals surface area contributed by atoms with Gasteiger partial charge in [-0.2, -0.15) is 0 Å². The van der Waals surface area contributed by atoms with E-state index in [1.807, 2.05) is 6.92 Å². The van der Waals surface area contributed by atoms with Crippen molar-refractivity contribution in [2.75, 3.05) is 6.61 Å². The first kappa shape index (κ1) is 11.8. The number of ether oxygens (including phenoxy) is 1. The molecule has 0 radical (unpaired) electrons. The molecule has 5 heteroatoms. The summed E-state index contributed by atoms with van der Waals surface area (Å²) in [6.07, 6.45) is 1.08. The molecule has 1 aromatic heterocycles. The smallest absolute Gasteiger partial charge is 0.257 e. The molecule has 2 N–H and O–H groups in total. The van der Waals surface area contributed by atoms with E-state index in [-0.39, 0.29) is 0 Å². The summed E-state index contributed by atoms with van der Waals surface area (Å²) in [6.45, 7) is 2.50. The SMILES string of the molecule is CCCOc1cncc(C(N)C(F)F)c1. The van der Waals surface area contributed by atoms with Crippen molar-refractivity contribution in [2.24, 2.45) is 5.73 Å². The highest BCUT2D eigenvalue weighted by molar-refractivity contribution is 5.26. The van der Waals surface area contributed by atoms with E-state index in [1.165, 1.54) is 18.5 Å². The fourth-order valence-corrected chi connectivity index (χ4v) is 1.06. The van der Waals surface area contributed by atoms with Crippen LogP contribution in [-0.4, -0.2) is 18.0 Å².